The molecule has 4 nitrogen and oxygen atoms in total. The van der Waals surface area contributed by atoms with Crippen molar-refractivity contribution in [3.05, 3.63) is 42.0 Å². The lowest BCUT2D eigenvalue weighted by Crippen LogP contribution is -2.48. The minimum Gasteiger partial charge on any atom is -0.458 e. The fraction of sp³-hybridized carbons (Fsp3) is 0.500. The van der Waals surface area contributed by atoms with Gasteiger partial charge in [0.25, 0.3) is 0 Å². The van der Waals surface area contributed by atoms with Crippen molar-refractivity contribution in [2.75, 3.05) is 0 Å². The van der Waals surface area contributed by atoms with E-state index in [4.69, 9.17) is 9.47 Å². The summed E-state index contributed by atoms with van der Waals surface area (Å²) in [5.74, 6) is 1.02. The topological polar surface area (TPSA) is 52.6 Å². The number of hydrogen-bond acceptors (Lipinski definition) is 4. The molecule has 3 atom stereocenters. The van der Waals surface area contributed by atoms with Crippen LogP contribution in [-0.4, -0.2) is 11.9 Å². The number of benzene rings is 2. The zero-order valence-electron chi connectivity index (χ0n) is 17.5. The molecule has 4 heteroatoms. The van der Waals surface area contributed by atoms with Gasteiger partial charge in [-0.1, -0.05) is 39.0 Å². The van der Waals surface area contributed by atoms with Crippen LogP contribution in [0.1, 0.15) is 65.5 Å². The van der Waals surface area contributed by atoms with Gasteiger partial charge in [-0.05, 0) is 72.6 Å². The molecule has 150 valence electrons. The van der Waals surface area contributed by atoms with Crippen molar-refractivity contribution in [1.29, 1.82) is 0 Å². The Balaban J connectivity index is 1.79. The molecule has 1 aliphatic carbocycles. The van der Waals surface area contributed by atoms with Crippen LogP contribution in [0.5, 0.6) is 5.75 Å². The van der Waals surface area contributed by atoms with Crippen molar-refractivity contribution in [2.45, 2.75) is 60.0 Å². The average molecular weight is 383 g/mol. The minimum atomic E-state index is -0.341. The molecule has 0 heterocycles. The maximum absolute atomic E-state index is 13.0. The smallest absolute Gasteiger partial charge is 0.317 e. The molecule has 3 rings (SSSR count). The fourth-order valence-corrected chi connectivity index (χ4v) is 4.28. The van der Waals surface area contributed by atoms with Gasteiger partial charge in [0.05, 0.1) is 5.41 Å². The number of fused-ring (bicyclic) bond motifs is 1. The van der Waals surface area contributed by atoms with Crippen LogP contribution in [-0.2, 0) is 14.3 Å². The van der Waals surface area contributed by atoms with Crippen molar-refractivity contribution >= 4 is 22.7 Å². The lowest BCUT2D eigenvalue weighted by molar-refractivity contribution is -0.159. The Hall–Kier alpha value is -2.36. The molecule has 1 saturated carbocycles. The number of carbonyl (C=O) groups is 2. The monoisotopic (exact) mass is 382 g/mol. The van der Waals surface area contributed by atoms with E-state index >= 15 is 0 Å². The van der Waals surface area contributed by atoms with Gasteiger partial charge in [0.2, 0.25) is 0 Å². The third kappa shape index (κ3) is 4.06. The van der Waals surface area contributed by atoms with E-state index in [1.807, 2.05) is 43.3 Å². The molecule has 0 N–H and O–H groups in total. The van der Waals surface area contributed by atoms with Crippen LogP contribution in [0.15, 0.2) is 36.4 Å². The van der Waals surface area contributed by atoms with E-state index in [1.165, 1.54) is 6.92 Å². The summed E-state index contributed by atoms with van der Waals surface area (Å²) in [6.45, 7) is 9.73. The summed E-state index contributed by atoms with van der Waals surface area (Å²) in [5, 5.41) is 2.01. The Morgan fingerprint density at radius 1 is 1.11 bits per heavy atom. The van der Waals surface area contributed by atoms with Crippen molar-refractivity contribution < 1.29 is 19.1 Å². The highest BCUT2D eigenvalue weighted by Gasteiger charge is 2.51. The van der Waals surface area contributed by atoms with E-state index in [-0.39, 0.29) is 23.5 Å². The van der Waals surface area contributed by atoms with Crippen LogP contribution >= 0.6 is 0 Å². The van der Waals surface area contributed by atoms with Crippen molar-refractivity contribution in [1.82, 2.24) is 0 Å². The number of carbonyl (C=O) groups excluding carboxylic acids is 2. The standard InChI is InChI=1S/C24H30O4/c1-15(2)14-24(11-10-16(24)3)23(26)28-22-9-8-20-12-19(6-7-21(20)13-22)17(4)27-18(5)25/h6-9,12-13,15-17H,10-11,14H2,1-5H3. The predicted molar refractivity (Wildman–Crippen MR) is 110 cm³/mol. The summed E-state index contributed by atoms with van der Waals surface area (Å²) < 4.78 is 11.1. The van der Waals surface area contributed by atoms with Gasteiger partial charge in [-0.2, -0.15) is 0 Å². The Bertz CT molecular complexity index is 885. The highest BCUT2D eigenvalue weighted by Crippen LogP contribution is 2.51. The highest BCUT2D eigenvalue weighted by atomic mass is 16.5. The molecular weight excluding hydrogens is 352 g/mol. The number of ether oxygens (including phenoxy) is 2. The van der Waals surface area contributed by atoms with E-state index < -0.39 is 0 Å². The van der Waals surface area contributed by atoms with E-state index in [1.54, 1.807) is 0 Å². The molecule has 0 saturated heterocycles. The Labute approximate surface area is 167 Å². The summed E-state index contributed by atoms with van der Waals surface area (Å²) in [7, 11) is 0. The maximum Gasteiger partial charge on any atom is 0.317 e. The van der Waals surface area contributed by atoms with Gasteiger partial charge < -0.3 is 9.47 Å². The largest absolute Gasteiger partial charge is 0.458 e. The third-order valence-electron chi connectivity index (χ3n) is 6.00. The normalized spacial score (nSPS) is 22.6. The first kappa shape index (κ1) is 20.4. The lowest BCUT2D eigenvalue weighted by atomic mass is 9.57. The maximum atomic E-state index is 13.0. The van der Waals surface area contributed by atoms with Crippen LogP contribution in [0.4, 0.5) is 0 Å². The number of hydrogen-bond donors (Lipinski definition) is 0. The molecule has 0 aromatic heterocycles. The van der Waals surface area contributed by atoms with Crippen LogP contribution in [0, 0.1) is 17.3 Å². The highest BCUT2D eigenvalue weighted by molar-refractivity contribution is 5.86. The molecule has 0 bridgehead atoms. The molecule has 0 aliphatic heterocycles. The SMILES string of the molecule is CC(=O)OC(C)c1ccc2cc(OC(=O)C3(CC(C)C)CCC3C)ccc2c1. The van der Waals surface area contributed by atoms with Gasteiger partial charge in [0.15, 0.2) is 0 Å². The van der Waals surface area contributed by atoms with Crippen LogP contribution < -0.4 is 4.74 Å². The predicted octanol–water partition coefficient (Wildman–Crippen LogP) is 5.83. The summed E-state index contributed by atoms with van der Waals surface area (Å²) in [6, 6.07) is 11.6. The third-order valence-corrected chi connectivity index (χ3v) is 6.00. The van der Waals surface area contributed by atoms with Gasteiger partial charge in [0, 0.05) is 6.92 Å². The zero-order chi connectivity index (χ0) is 20.5. The summed E-state index contributed by atoms with van der Waals surface area (Å²) in [5.41, 5.74) is 0.596. The molecule has 3 unspecified atom stereocenters. The molecule has 0 amide bonds. The van der Waals surface area contributed by atoms with Crippen LogP contribution in [0.3, 0.4) is 0 Å². The fourth-order valence-electron chi connectivity index (χ4n) is 4.28. The quantitative estimate of drug-likeness (QED) is 0.466. The van der Waals surface area contributed by atoms with Crippen LogP contribution in [0.2, 0.25) is 0 Å². The number of rotatable bonds is 6. The molecule has 1 fully saturated rings. The lowest BCUT2D eigenvalue weighted by Gasteiger charge is -2.46. The van der Waals surface area contributed by atoms with E-state index in [0.717, 1.165) is 35.6 Å². The zero-order valence-corrected chi connectivity index (χ0v) is 17.5. The van der Waals surface area contributed by atoms with Gasteiger partial charge in [-0.25, -0.2) is 0 Å². The first-order valence-electron chi connectivity index (χ1n) is 10.1. The van der Waals surface area contributed by atoms with E-state index in [9.17, 15) is 9.59 Å². The van der Waals surface area contributed by atoms with Crippen molar-refractivity contribution in [3.63, 3.8) is 0 Å². The molecule has 0 radical (unpaired) electrons. The van der Waals surface area contributed by atoms with Crippen molar-refractivity contribution in [2.24, 2.45) is 17.3 Å². The second-order valence-corrected chi connectivity index (χ2v) is 8.60. The molecule has 0 spiro atoms. The van der Waals surface area contributed by atoms with Crippen LogP contribution in [0.25, 0.3) is 10.8 Å². The summed E-state index contributed by atoms with van der Waals surface area (Å²) >= 11 is 0. The minimum absolute atomic E-state index is 0.0978. The van der Waals surface area contributed by atoms with Gasteiger partial charge >= 0.3 is 11.9 Å². The molecule has 2 aromatic carbocycles. The van der Waals surface area contributed by atoms with E-state index in [2.05, 4.69) is 20.8 Å². The van der Waals surface area contributed by atoms with Gasteiger partial charge in [-0.3, -0.25) is 9.59 Å². The Morgan fingerprint density at radius 2 is 1.79 bits per heavy atom. The Morgan fingerprint density at radius 3 is 2.36 bits per heavy atom. The molecule has 1 aliphatic rings. The molecule has 28 heavy (non-hydrogen) atoms. The van der Waals surface area contributed by atoms with Gasteiger partial charge in [-0.15, -0.1) is 0 Å². The Kier molecular flexibility index (Phi) is 5.78. The van der Waals surface area contributed by atoms with Gasteiger partial charge in [0.1, 0.15) is 11.9 Å². The van der Waals surface area contributed by atoms with Crippen molar-refractivity contribution in [3.8, 4) is 5.75 Å². The number of esters is 2. The average Bonchev–Trinajstić information content (AvgIpc) is 2.63. The second kappa shape index (κ2) is 7.94. The first-order valence-corrected chi connectivity index (χ1v) is 10.1. The first-order chi connectivity index (χ1) is 13.2. The van der Waals surface area contributed by atoms with E-state index in [0.29, 0.717) is 17.6 Å². The summed E-state index contributed by atoms with van der Waals surface area (Å²) in [4.78, 5) is 24.1. The second-order valence-electron chi connectivity index (χ2n) is 8.60. The summed E-state index contributed by atoms with van der Waals surface area (Å²) in [6.07, 6.45) is 2.58. The molecule has 2 aromatic rings. The molecular formula is C24H30O4.